The Morgan fingerprint density at radius 2 is 2.04 bits per heavy atom. The van der Waals surface area contributed by atoms with Crippen LogP contribution in [0.3, 0.4) is 0 Å². The van der Waals surface area contributed by atoms with Gasteiger partial charge in [-0.3, -0.25) is 19.9 Å². The number of nitro benzene ring substituents is 1. The number of carbonyl (C=O) groups is 1. The van der Waals surface area contributed by atoms with Crippen molar-refractivity contribution >= 4 is 28.4 Å². The maximum absolute atomic E-state index is 12.5. The molecular weight excluding hydrogens is 360 g/mol. The van der Waals surface area contributed by atoms with Crippen molar-refractivity contribution in [2.24, 2.45) is 0 Å². The number of fused-ring (bicyclic) bond motifs is 1. The quantitative estimate of drug-likeness (QED) is 0.420. The van der Waals surface area contributed by atoms with Gasteiger partial charge in [0, 0.05) is 35.3 Å². The predicted molar refractivity (Wildman–Crippen MR) is 103 cm³/mol. The zero-order chi connectivity index (χ0) is 19.7. The highest BCUT2D eigenvalue weighted by Crippen LogP contribution is 2.26. The van der Waals surface area contributed by atoms with Gasteiger partial charge >= 0.3 is 0 Å². The van der Waals surface area contributed by atoms with Crippen LogP contribution in [0.25, 0.3) is 22.6 Å². The summed E-state index contributed by atoms with van der Waals surface area (Å²) >= 11 is 0. The van der Waals surface area contributed by atoms with Crippen LogP contribution in [0, 0.1) is 17.0 Å². The molecular formula is C20H14N4O4. The first kappa shape index (κ1) is 17.3. The summed E-state index contributed by atoms with van der Waals surface area (Å²) in [6, 6.07) is 13.0. The Morgan fingerprint density at radius 1 is 1.18 bits per heavy atom. The summed E-state index contributed by atoms with van der Waals surface area (Å²) in [5, 5.41) is 13.7. The Morgan fingerprint density at radius 3 is 2.75 bits per heavy atom. The SMILES string of the molecule is Cc1cc(C(=O)Nc2ccc3oc(-c4cccnc4)nc3c2)ccc1[N+](=O)[O-]. The molecule has 4 aromatic rings. The minimum absolute atomic E-state index is 0.0245. The van der Waals surface area contributed by atoms with Gasteiger partial charge in [0.15, 0.2) is 5.58 Å². The third-order valence-electron chi connectivity index (χ3n) is 4.21. The van der Waals surface area contributed by atoms with E-state index in [2.05, 4.69) is 15.3 Å². The number of anilines is 1. The van der Waals surface area contributed by atoms with Crippen molar-refractivity contribution in [2.45, 2.75) is 6.92 Å². The Kier molecular flexibility index (Phi) is 4.29. The fraction of sp³-hybridized carbons (Fsp3) is 0.0500. The van der Waals surface area contributed by atoms with Crippen molar-refractivity contribution in [3.05, 3.63) is 82.2 Å². The molecule has 1 amide bonds. The third kappa shape index (κ3) is 3.30. The first-order chi connectivity index (χ1) is 13.5. The lowest BCUT2D eigenvalue weighted by molar-refractivity contribution is -0.385. The Bertz CT molecular complexity index is 1200. The van der Waals surface area contributed by atoms with Crippen molar-refractivity contribution in [3.63, 3.8) is 0 Å². The van der Waals surface area contributed by atoms with Gasteiger partial charge in [-0.15, -0.1) is 0 Å². The first-order valence-corrected chi connectivity index (χ1v) is 8.38. The monoisotopic (exact) mass is 374 g/mol. The van der Waals surface area contributed by atoms with Crippen molar-refractivity contribution in [2.75, 3.05) is 5.32 Å². The number of aryl methyl sites for hydroxylation is 1. The number of oxazole rings is 1. The molecule has 0 aliphatic rings. The fourth-order valence-electron chi connectivity index (χ4n) is 2.82. The number of nitro groups is 1. The van der Waals surface area contributed by atoms with Gasteiger partial charge in [0.25, 0.3) is 11.6 Å². The molecule has 1 N–H and O–H groups in total. The second kappa shape index (κ2) is 6.92. The Labute approximate surface area is 159 Å². The molecule has 28 heavy (non-hydrogen) atoms. The van der Waals surface area contributed by atoms with E-state index in [1.54, 1.807) is 43.6 Å². The molecule has 2 heterocycles. The van der Waals surface area contributed by atoms with Crippen LogP contribution in [0.4, 0.5) is 11.4 Å². The summed E-state index contributed by atoms with van der Waals surface area (Å²) in [5.74, 6) is 0.0749. The van der Waals surface area contributed by atoms with E-state index in [1.807, 2.05) is 6.07 Å². The number of carbonyl (C=O) groups excluding carboxylic acids is 1. The van der Waals surface area contributed by atoms with Gasteiger partial charge in [-0.25, -0.2) is 4.98 Å². The molecule has 2 aromatic heterocycles. The number of nitrogens with one attached hydrogen (secondary N) is 1. The molecule has 4 rings (SSSR count). The molecule has 0 radical (unpaired) electrons. The van der Waals surface area contributed by atoms with Gasteiger partial charge in [0.05, 0.1) is 10.5 Å². The number of amides is 1. The molecule has 0 saturated heterocycles. The van der Waals surface area contributed by atoms with E-state index in [0.29, 0.717) is 33.8 Å². The maximum atomic E-state index is 12.5. The van der Waals surface area contributed by atoms with Gasteiger partial charge in [0.2, 0.25) is 5.89 Å². The third-order valence-corrected chi connectivity index (χ3v) is 4.21. The average molecular weight is 374 g/mol. The number of hydrogen-bond acceptors (Lipinski definition) is 6. The number of nitrogens with zero attached hydrogens (tertiary/aromatic N) is 3. The molecule has 138 valence electrons. The maximum Gasteiger partial charge on any atom is 0.272 e. The molecule has 0 bridgehead atoms. The molecule has 0 saturated carbocycles. The highest BCUT2D eigenvalue weighted by atomic mass is 16.6. The van der Waals surface area contributed by atoms with Crippen molar-refractivity contribution in [3.8, 4) is 11.5 Å². The first-order valence-electron chi connectivity index (χ1n) is 8.38. The van der Waals surface area contributed by atoms with Crippen LogP contribution in [0.15, 0.2) is 65.3 Å². The van der Waals surface area contributed by atoms with Crippen LogP contribution in [0.2, 0.25) is 0 Å². The Hall–Kier alpha value is -4.07. The van der Waals surface area contributed by atoms with E-state index in [0.717, 1.165) is 5.56 Å². The van der Waals surface area contributed by atoms with Crippen molar-refractivity contribution < 1.29 is 14.1 Å². The average Bonchev–Trinajstić information content (AvgIpc) is 3.11. The summed E-state index contributed by atoms with van der Waals surface area (Å²) in [4.78, 5) is 31.4. The van der Waals surface area contributed by atoms with Crippen LogP contribution < -0.4 is 5.32 Å². The molecule has 0 spiro atoms. The van der Waals surface area contributed by atoms with E-state index in [9.17, 15) is 14.9 Å². The van der Waals surface area contributed by atoms with Crippen LogP contribution in [-0.4, -0.2) is 20.8 Å². The van der Waals surface area contributed by atoms with Crippen LogP contribution in [0.5, 0.6) is 0 Å². The summed E-state index contributed by atoms with van der Waals surface area (Å²) < 4.78 is 5.72. The molecule has 2 aromatic carbocycles. The minimum atomic E-state index is -0.477. The Balaban J connectivity index is 1.58. The van der Waals surface area contributed by atoms with Crippen LogP contribution >= 0.6 is 0 Å². The second-order valence-corrected chi connectivity index (χ2v) is 6.16. The van der Waals surface area contributed by atoms with E-state index in [1.165, 1.54) is 18.2 Å². The summed E-state index contributed by atoms with van der Waals surface area (Å²) in [7, 11) is 0. The molecule has 8 heteroatoms. The number of pyridine rings is 1. The number of benzene rings is 2. The fourth-order valence-corrected chi connectivity index (χ4v) is 2.82. The van der Waals surface area contributed by atoms with E-state index >= 15 is 0 Å². The zero-order valence-electron chi connectivity index (χ0n) is 14.7. The predicted octanol–water partition coefficient (Wildman–Crippen LogP) is 4.36. The van der Waals surface area contributed by atoms with Crippen molar-refractivity contribution in [1.29, 1.82) is 0 Å². The molecule has 0 unspecified atom stereocenters. The van der Waals surface area contributed by atoms with E-state index in [-0.39, 0.29) is 11.6 Å². The summed E-state index contributed by atoms with van der Waals surface area (Å²) in [6.07, 6.45) is 3.32. The lowest BCUT2D eigenvalue weighted by Crippen LogP contribution is -2.12. The van der Waals surface area contributed by atoms with Crippen molar-refractivity contribution in [1.82, 2.24) is 9.97 Å². The normalized spacial score (nSPS) is 10.8. The minimum Gasteiger partial charge on any atom is -0.436 e. The highest BCUT2D eigenvalue weighted by molar-refractivity contribution is 6.05. The van der Waals surface area contributed by atoms with Gasteiger partial charge < -0.3 is 9.73 Å². The smallest absolute Gasteiger partial charge is 0.272 e. The standard InChI is InChI=1S/C20H14N4O4/c1-12-9-13(4-6-17(12)24(26)27)19(25)22-15-5-7-18-16(10-15)23-20(28-18)14-3-2-8-21-11-14/h2-11H,1H3,(H,22,25). The highest BCUT2D eigenvalue weighted by Gasteiger charge is 2.15. The van der Waals surface area contributed by atoms with E-state index in [4.69, 9.17) is 4.42 Å². The van der Waals surface area contributed by atoms with E-state index < -0.39 is 4.92 Å². The van der Waals surface area contributed by atoms with Crippen LogP contribution in [0.1, 0.15) is 15.9 Å². The lowest BCUT2D eigenvalue weighted by atomic mass is 10.1. The van der Waals surface area contributed by atoms with Crippen LogP contribution in [-0.2, 0) is 0 Å². The number of aromatic nitrogens is 2. The molecule has 8 nitrogen and oxygen atoms in total. The topological polar surface area (TPSA) is 111 Å². The van der Waals surface area contributed by atoms with Gasteiger partial charge in [-0.1, -0.05) is 0 Å². The lowest BCUT2D eigenvalue weighted by Gasteiger charge is -2.06. The molecule has 0 aliphatic carbocycles. The number of hydrogen-bond donors (Lipinski definition) is 1. The van der Waals surface area contributed by atoms with Gasteiger partial charge in [-0.05, 0) is 49.4 Å². The molecule has 0 aliphatic heterocycles. The molecule has 0 fully saturated rings. The largest absolute Gasteiger partial charge is 0.436 e. The van der Waals surface area contributed by atoms with Gasteiger partial charge in [0.1, 0.15) is 5.52 Å². The second-order valence-electron chi connectivity index (χ2n) is 6.16. The van der Waals surface area contributed by atoms with Gasteiger partial charge in [-0.2, -0.15) is 0 Å². The number of rotatable bonds is 4. The molecule has 0 atom stereocenters. The summed E-state index contributed by atoms with van der Waals surface area (Å²) in [5.41, 5.74) is 3.21. The summed E-state index contributed by atoms with van der Waals surface area (Å²) in [6.45, 7) is 1.59. The zero-order valence-corrected chi connectivity index (χ0v) is 14.7.